The van der Waals surface area contributed by atoms with Gasteiger partial charge in [0.25, 0.3) is 0 Å². The van der Waals surface area contributed by atoms with Gasteiger partial charge in [-0.15, -0.1) is 0 Å². The molecule has 0 saturated heterocycles. The van der Waals surface area contributed by atoms with E-state index in [4.69, 9.17) is 0 Å². The first-order chi connectivity index (χ1) is 4.54. The molecule has 0 fully saturated rings. The number of aliphatic imine (C=N–C) groups is 1. The van der Waals surface area contributed by atoms with E-state index in [-0.39, 0.29) is 0 Å². The van der Waals surface area contributed by atoms with Gasteiger partial charge < -0.3 is 4.90 Å². The highest BCUT2D eigenvalue weighted by molar-refractivity contribution is 5.86. The van der Waals surface area contributed by atoms with Gasteiger partial charge in [0.05, 0.1) is 6.34 Å². The quantitative estimate of drug-likeness (QED) is 0.420. The van der Waals surface area contributed by atoms with Crippen LogP contribution in [0.5, 0.6) is 0 Å². The van der Waals surface area contributed by atoms with Crippen LogP contribution in [0.3, 0.4) is 0 Å². The lowest BCUT2D eigenvalue weighted by Crippen LogP contribution is -2.13. The molecule has 0 aromatic rings. The topological polar surface area (TPSA) is 32.7 Å². The number of alkyl halides is 2. The minimum atomic E-state index is -3.00. The molecule has 3 nitrogen and oxygen atoms in total. The third-order valence-corrected chi connectivity index (χ3v) is 0.603. The number of hydrogen-bond acceptors (Lipinski definition) is 1. The van der Waals surface area contributed by atoms with Crippen molar-refractivity contribution in [1.82, 2.24) is 4.90 Å². The van der Waals surface area contributed by atoms with Gasteiger partial charge in [-0.3, -0.25) is 4.79 Å². The third-order valence-electron chi connectivity index (χ3n) is 0.603. The molecule has 0 radical (unpaired) electrons. The van der Waals surface area contributed by atoms with Crippen molar-refractivity contribution < 1.29 is 13.6 Å². The van der Waals surface area contributed by atoms with Gasteiger partial charge in [-0.05, 0) is 0 Å². The van der Waals surface area contributed by atoms with E-state index >= 15 is 0 Å². The maximum atomic E-state index is 11.4. The van der Waals surface area contributed by atoms with Gasteiger partial charge in [-0.2, -0.15) is 13.8 Å². The number of halogens is 2. The van der Waals surface area contributed by atoms with Crippen molar-refractivity contribution in [3.63, 3.8) is 0 Å². The van der Waals surface area contributed by atoms with Crippen molar-refractivity contribution in [3.05, 3.63) is 0 Å². The Balaban J connectivity index is 3.79. The Bertz CT molecular complexity index is 145. The first-order valence-electron chi connectivity index (χ1n) is 2.56. The molecule has 0 aliphatic carbocycles. The molecule has 5 heteroatoms. The van der Waals surface area contributed by atoms with Gasteiger partial charge >= 0.3 is 12.3 Å². The first kappa shape index (κ1) is 9.00. The minimum Gasteiger partial charge on any atom is -0.369 e. The van der Waals surface area contributed by atoms with Crippen LogP contribution in [0.15, 0.2) is 4.99 Å². The van der Waals surface area contributed by atoms with Gasteiger partial charge in [0.15, 0.2) is 0 Å². The number of carbonyl (C=O) groups excluding carboxylic acids is 1. The van der Waals surface area contributed by atoms with Crippen molar-refractivity contribution in [2.24, 2.45) is 4.99 Å². The SMILES string of the molecule is CN(C)/C=N/C(=O)C(F)F. The number of hydrogen-bond donors (Lipinski definition) is 0. The molecule has 0 aliphatic rings. The first-order valence-corrected chi connectivity index (χ1v) is 2.56. The normalized spacial score (nSPS) is 10.9. The predicted molar refractivity (Wildman–Crippen MR) is 33.2 cm³/mol. The van der Waals surface area contributed by atoms with E-state index in [1.807, 2.05) is 0 Å². The van der Waals surface area contributed by atoms with E-state index in [1.165, 1.54) is 4.90 Å². The number of rotatable bonds is 2. The molecule has 0 unspecified atom stereocenters. The van der Waals surface area contributed by atoms with E-state index in [2.05, 4.69) is 4.99 Å². The summed E-state index contributed by atoms with van der Waals surface area (Å²) in [4.78, 5) is 14.4. The van der Waals surface area contributed by atoms with Crippen LogP contribution >= 0.6 is 0 Å². The van der Waals surface area contributed by atoms with Crippen molar-refractivity contribution in [1.29, 1.82) is 0 Å². The molecular formula is C5H8F2N2O. The zero-order valence-corrected chi connectivity index (χ0v) is 5.71. The summed E-state index contributed by atoms with van der Waals surface area (Å²) in [6.07, 6.45) is -1.97. The summed E-state index contributed by atoms with van der Waals surface area (Å²) < 4.78 is 22.8. The molecule has 0 N–H and O–H groups in total. The van der Waals surface area contributed by atoms with E-state index in [9.17, 15) is 13.6 Å². The lowest BCUT2D eigenvalue weighted by Gasteiger charge is -2.00. The summed E-state index contributed by atoms with van der Waals surface area (Å²) in [5, 5.41) is 0. The zero-order chi connectivity index (χ0) is 8.15. The summed E-state index contributed by atoms with van der Waals surface area (Å²) in [5.74, 6) is -1.41. The largest absolute Gasteiger partial charge is 0.369 e. The average Bonchev–Trinajstić information content (AvgIpc) is 1.82. The lowest BCUT2D eigenvalue weighted by atomic mass is 10.7. The second-order valence-corrected chi connectivity index (χ2v) is 1.85. The fourth-order valence-corrected chi connectivity index (χ4v) is 0.229. The van der Waals surface area contributed by atoms with Crippen LogP contribution in [0.4, 0.5) is 8.78 Å². The molecule has 58 valence electrons. The van der Waals surface area contributed by atoms with Gasteiger partial charge in [0.2, 0.25) is 0 Å². The number of nitrogens with zero attached hydrogens (tertiary/aromatic N) is 2. The van der Waals surface area contributed by atoms with Gasteiger partial charge in [-0.25, -0.2) is 0 Å². The molecule has 0 heterocycles. The van der Waals surface area contributed by atoms with Crippen molar-refractivity contribution >= 4 is 12.2 Å². The molecule has 10 heavy (non-hydrogen) atoms. The zero-order valence-electron chi connectivity index (χ0n) is 5.71. The van der Waals surface area contributed by atoms with Crippen LogP contribution in [0.2, 0.25) is 0 Å². The average molecular weight is 150 g/mol. The summed E-state index contributed by atoms with van der Waals surface area (Å²) in [6.45, 7) is 0. The number of carbonyl (C=O) groups is 1. The molecule has 0 spiro atoms. The second-order valence-electron chi connectivity index (χ2n) is 1.85. The Morgan fingerprint density at radius 1 is 1.60 bits per heavy atom. The van der Waals surface area contributed by atoms with E-state index < -0.39 is 12.3 Å². The highest BCUT2D eigenvalue weighted by Gasteiger charge is 2.12. The molecular weight excluding hydrogens is 142 g/mol. The van der Waals surface area contributed by atoms with Crippen molar-refractivity contribution in [3.8, 4) is 0 Å². The molecule has 0 aromatic carbocycles. The molecule has 0 bridgehead atoms. The van der Waals surface area contributed by atoms with Gasteiger partial charge in [-0.1, -0.05) is 0 Å². The summed E-state index contributed by atoms with van der Waals surface area (Å²) in [7, 11) is 3.17. The second kappa shape index (κ2) is 3.92. The Morgan fingerprint density at radius 3 is 2.40 bits per heavy atom. The van der Waals surface area contributed by atoms with Crippen molar-refractivity contribution in [2.45, 2.75) is 6.43 Å². The van der Waals surface area contributed by atoms with Crippen LogP contribution in [0, 0.1) is 0 Å². The fourth-order valence-electron chi connectivity index (χ4n) is 0.229. The highest BCUT2D eigenvalue weighted by atomic mass is 19.3. The minimum absolute atomic E-state index is 1.04. The Hall–Kier alpha value is -1.00. The highest BCUT2D eigenvalue weighted by Crippen LogP contribution is 1.93. The molecule has 1 amide bonds. The Labute approximate surface area is 57.3 Å². The van der Waals surface area contributed by atoms with E-state index in [1.54, 1.807) is 14.1 Å². The molecule has 0 rings (SSSR count). The maximum Gasteiger partial charge on any atom is 0.317 e. The van der Waals surface area contributed by atoms with Crippen molar-refractivity contribution in [2.75, 3.05) is 14.1 Å². The van der Waals surface area contributed by atoms with Gasteiger partial charge in [0, 0.05) is 14.1 Å². The summed E-state index contributed by atoms with van der Waals surface area (Å²) in [5.41, 5.74) is 0. The number of amides is 1. The smallest absolute Gasteiger partial charge is 0.317 e. The Kier molecular flexibility index (Phi) is 3.53. The van der Waals surface area contributed by atoms with Crippen LogP contribution in [-0.4, -0.2) is 37.7 Å². The maximum absolute atomic E-state index is 11.4. The standard InChI is InChI=1S/C5H8F2N2O/c1-9(2)3-8-5(10)4(6)7/h3-4H,1-2H3/b8-3+. The monoisotopic (exact) mass is 150 g/mol. The fraction of sp³-hybridized carbons (Fsp3) is 0.600. The van der Waals surface area contributed by atoms with Crippen LogP contribution < -0.4 is 0 Å². The van der Waals surface area contributed by atoms with Crippen LogP contribution in [0.25, 0.3) is 0 Å². The molecule has 0 aromatic heterocycles. The van der Waals surface area contributed by atoms with Crippen LogP contribution in [0.1, 0.15) is 0 Å². The third kappa shape index (κ3) is 3.94. The Morgan fingerprint density at radius 2 is 2.10 bits per heavy atom. The summed E-state index contributed by atoms with van der Waals surface area (Å²) >= 11 is 0. The molecule has 0 saturated carbocycles. The van der Waals surface area contributed by atoms with E-state index in [0.717, 1.165) is 6.34 Å². The molecule has 0 atom stereocenters. The molecule has 0 aliphatic heterocycles. The predicted octanol–water partition coefficient (Wildman–Crippen LogP) is 0.368. The summed E-state index contributed by atoms with van der Waals surface area (Å²) in [6, 6.07) is 0. The van der Waals surface area contributed by atoms with Gasteiger partial charge in [0.1, 0.15) is 0 Å². The van der Waals surface area contributed by atoms with E-state index in [0.29, 0.717) is 0 Å². The van der Waals surface area contributed by atoms with Crippen LogP contribution in [-0.2, 0) is 4.79 Å². The lowest BCUT2D eigenvalue weighted by molar-refractivity contribution is -0.128.